The fraction of sp³-hybridized carbons (Fsp3) is 0.103. The minimum absolute atomic E-state index is 0.163. The van der Waals surface area contributed by atoms with E-state index in [0.29, 0.717) is 31.1 Å². The summed E-state index contributed by atoms with van der Waals surface area (Å²) in [6, 6.07) is 33.5. The van der Waals surface area contributed by atoms with Crippen LogP contribution in [-0.2, 0) is 19.6 Å². The first-order valence-electron chi connectivity index (χ1n) is 10.7. The van der Waals surface area contributed by atoms with Crippen LogP contribution in [0.3, 0.4) is 0 Å². The van der Waals surface area contributed by atoms with Gasteiger partial charge in [-0.1, -0.05) is 103 Å². The molecule has 4 aromatic rings. The van der Waals surface area contributed by atoms with Crippen molar-refractivity contribution in [3.63, 3.8) is 0 Å². The average Bonchev–Trinajstić information content (AvgIpc) is 2.85. The van der Waals surface area contributed by atoms with Gasteiger partial charge in [0.25, 0.3) is 0 Å². The van der Waals surface area contributed by atoms with Gasteiger partial charge in [-0.3, -0.25) is 0 Å². The van der Waals surface area contributed by atoms with Crippen molar-refractivity contribution in [2.24, 2.45) is 0 Å². The van der Waals surface area contributed by atoms with Crippen molar-refractivity contribution in [3.8, 4) is 17.2 Å². The molecule has 0 atom stereocenters. The van der Waals surface area contributed by atoms with E-state index >= 15 is 0 Å². The Kier molecular flexibility index (Phi) is 7.22. The topological polar surface area (TPSA) is 38.7 Å². The number of rotatable bonds is 9. The van der Waals surface area contributed by atoms with E-state index in [9.17, 15) is 5.11 Å². The summed E-state index contributed by atoms with van der Waals surface area (Å²) in [6.45, 7) is 0.837. The molecule has 0 aliphatic heterocycles. The third-order valence-electron chi connectivity index (χ3n) is 5.08. The molecule has 0 bridgehead atoms. The molecule has 1 N–H and O–H groups in total. The van der Waals surface area contributed by atoms with Crippen LogP contribution in [0.25, 0.3) is 6.08 Å². The van der Waals surface area contributed by atoms with Crippen LogP contribution in [0.5, 0.6) is 17.2 Å². The van der Waals surface area contributed by atoms with Crippen molar-refractivity contribution in [1.82, 2.24) is 0 Å². The largest absolute Gasteiger partial charge is 0.507 e. The molecule has 3 heteroatoms. The number of aromatic hydroxyl groups is 1. The second-order valence-corrected chi connectivity index (χ2v) is 7.48. The monoisotopic (exact) mass is 422 g/mol. The number of benzene rings is 4. The van der Waals surface area contributed by atoms with Gasteiger partial charge in [-0.15, -0.1) is 0 Å². The van der Waals surface area contributed by atoms with Crippen LogP contribution in [0, 0.1) is 0 Å². The lowest BCUT2D eigenvalue weighted by Gasteiger charge is -2.15. The molecule has 0 aliphatic carbocycles. The quantitative estimate of drug-likeness (QED) is 0.322. The van der Waals surface area contributed by atoms with E-state index < -0.39 is 0 Å². The molecule has 0 saturated heterocycles. The third kappa shape index (κ3) is 6.02. The predicted octanol–water partition coefficient (Wildman–Crippen LogP) is 6.81. The average molecular weight is 423 g/mol. The molecule has 0 radical (unpaired) electrons. The zero-order valence-corrected chi connectivity index (χ0v) is 17.9. The van der Waals surface area contributed by atoms with Gasteiger partial charge in [0.1, 0.15) is 30.5 Å². The maximum absolute atomic E-state index is 10.8. The summed E-state index contributed by atoms with van der Waals surface area (Å²) in [5.74, 6) is 1.36. The Hall–Kier alpha value is -3.98. The summed E-state index contributed by atoms with van der Waals surface area (Å²) < 4.78 is 12.1. The van der Waals surface area contributed by atoms with Crippen LogP contribution in [0.1, 0.15) is 22.3 Å². The van der Waals surface area contributed by atoms with Crippen molar-refractivity contribution in [3.05, 3.63) is 131 Å². The first-order chi connectivity index (χ1) is 15.8. The number of phenolic OH excluding ortho intramolecular Hbond substituents is 1. The predicted molar refractivity (Wildman–Crippen MR) is 129 cm³/mol. The Balaban J connectivity index is 1.54. The number of hydrogen-bond donors (Lipinski definition) is 1. The Bertz CT molecular complexity index is 1140. The highest BCUT2D eigenvalue weighted by Crippen LogP contribution is 2.35. The van der Waals surface area contributed by atoms with Crippen molar-refractivity contribution >= 4 is 6.08 Å². The fourth-order valence-electron chi connectivity index (χ4n) is 3.38. The molecule has 3 nitrogen and oxygen atoms in total. The summed E-state index contributed by atoms with van der Waals surface area (Å²) in [6.07, 6.45) is 4.62. The Morgan fingerprint density at radius 2 is 1.22 bits per heavy atom. The minimum Gasteiger partial charge on any atom is -0.507 e. The van der Waals surface area contributed by atoms with Crippen LogP contribution in [-0.4, -0.2) is 5.11 Å². The van der Waals surface area contributed by atoms with Crippen LogP contribution in [0.15, 0.2) is 109 Å². The second-order valence-electron chi connectivity index (χ2n) is 7.48. The molecule has 0 aromatic heterocycles. The van der Waals surface area contributed by atoms with Gasteiger partial charge in [-0.25, -0.2) is 0 Å². The highest BCUT2D eigenvalue weighted by molar-refractivity contribution is 5.54. The van der Waals surface area contributed by atoms with Crippen LogP contribution in [0.4, 0.5) is 0 Å². The van der Waals surface area contributed by atoms with Gasteiger partial charge in [-0.05, 0) is 23.1 Å². The Morgan fingerprint density at radius 1 is 0.656 bits per heavy atom. The highest BCUT2D eigenvalue weighted by Gasteiger charge is 2.12. The number of phenols is 1. The normalized spacial score (nSPS) is 10.9. The maximum atomic E-state index is 10.8. The SMILES string of the molecule is Oc1cc(OCc2ccccc2)cc(OCc2ccccc2)c1C/C=C/c1ccccc1. The number of ether oxygens (including phenoxy) is 2. The lowest BCUT2D eigenvalue weighted by atomic mass is 10.1. The molecule has 4 aromatic carbocycles. The van der Waals surface area contributed by atoms with E-state index in [2.05, 4.69) is 0 Å². The summed E-state index contributed by atoms with van der Waals surface area (Å²) in [4.78, 5) is 0. The van der Waals surface area contributed by atoms with E-state index in [4.69, 9.17) is 9.47 Å². The van der Waals surface area contributed by atoms with Gasteiger partial charge in [-0.2, -0.15) is 0 Å². The van der Waals surface area contributed by atoms with Gasteiger partial charge in [0.2, 0.25) is 0 Å². The molecule has 4 rings (SSSR count). The fourth-order valence-corrected chi connectivity index (χ4v) is 3.38. The lowest BCUT2D eigenvalue weighted by Crippen LogP contribution is -2.01. The molecule has 32 heavy (non-hydrogen) atoms. The molecule has 0 heterocycles. The molecular weight excluding hydrogens is 396 g/mol. The van der Waals surface area contributed by atoms with Gasteiger partial charge >= 0.3 is 0 Å². The first kappa shape index (κ1) is 21.3. The molecule has 0 amide bonds. The summed E-state index contributed by atoms with van der Waals surface area (Å²) in [5, 5.41) is 10.8. The molecule has 0 fully saturated rings. The Labute approximate surface area is 189 Å². The zero-order valence-electron chi connectivity index (χ0n) is 17.9. The van der Waals surface area contributed by atoms with Crippen LogP contribution in [0.2, 0.25) is 0 Å². The van der Waals surface area contributed by atoms with E-state index in [0.717, 1.165) is 22.3 Å². The smallest absolute Gasteiger partial charge is 0.130 e. The molecule has 0 unspecified atom stereocenters. The van der Waals surface area contributed by atoms with E-state index in [1.54, 1.807) is 6.07 Å². The highest BCUT2D eigenvalue weighted by atomic mass is 16.5. The van der Waals surface area contributed by atoms with Crippen LogP contribution < -0.4 is 9.47 Å². The van der Waals surface area contributed by atoms with Crippen LogP contribution >= 0.6 is 0 Å². The molecule has 160 valence electrons. The molecular formula is C29H26O3. The van der Waals surface area contributed by atoms with Crippen molar-refractivity contribution in [2.75, 3.05) is 0 Å². The summed E-state index contributed by atoms with van der Waals surface area (Å²) >= 11 is 0. The minimum atomic E-state index is 0.163. The Morgan fingerprint density at radius 3 is 1.84 bits per heavy atom. The molecule has 0 spiro atoms. The van der Waals surface area contributed by atoms with Crippen molar-refractivity contribution < 1.29 is 14.6 Å². The van der Waals surface area contributed by atoms with Crippen molar-refractivity contribution in [2.45, 2.75) is 19.6 Å². The second kappa shape index (κ2) is 10.9. The van der Waals surface area contributed by atoms with E-state index in [1.165, 1.54) is 0 Å². The maximum Gasteiger partial charge on any atom is 0.130 e. The van der Waals surface area contributed by atoms with E-state index in [-0.39, 0.29) is 5.75 Å². The summed E-state index contributed by atoms with van der Waals surface area (Å²) in [7, 11) is 0. The van der Waals surface area contributed by atoms with E-state index in [1.807, 2.05) is 109 Å². The summed E-state index contributed by atoms with van der Waals surface area (Å²) in [5.41, 5.74) is 3.98. The molecule has 0 aliphatic rings. The zero-order chi connectivity index (χ0) is 22.0. The van der Waals surface area contributed by atoms with Crippen molar-refractivity contribution in [1.29, 1.82) is 0 Å². The van der Waals surface area contributed by atoms with Gasteiger partial charge in [0.05, 0.1) is 0 Å². The number of allylic oxidation sites excluding steroid dienone is 1. The van der Waals surface area contributed by atoms with Gasteiger partial charge in [0.15, 0.2) is 0 Å². The number of hydrogen-bond acceptors (Lipinski definition) is 3. The molecule has 0 saturated carbocycles. The first-order valence-corrected chi connectivity index (χ1v) is 10.7. The third-order valence-corrected chi connectivity index (χ3v) is 5.08. The standard InChI is InChI=1S/C29H26O3/c30-28-19-26(31-21-24-13-6-2-7-14-24)20-29(32-22-25-15-8-3-9-16-25)27(28)18-10-17-23-11-4-1-5-12-23/h1-17,19-20,30H,18,21-22H2/b17-10+. The van der Waals surface area contributed by atoms with Gasteiger partial charge < -0.3 is 14.6 Å². The lowest BCUT2D eigenvalue weighted by molar-refractivity contribution is 0.284. The van der Waals surface area contributed by atoms with Gasteiger partial charge in [0, 0.05) is 17.7 Å².